The summed E-state index contributed by atoms with van der Waals surface area (Å²) in [6.45, 7) is 0. The third-order valence-electron chi connectivity index (χ3n) is 3.73. The minimum absolute atomic E-state index is 0.446. The molecular formula is C14H13NO2. The highest BCUT2D eigenvalue weighted by Crippen LogP contribution is 2.38. The quantitative estimate of drug-likeness (QED) is 0.751. The van der Waals surface area contributed by atoms with Crippen molar-refractivity contribution >= 4 is 10.9 Å². The summed E-state index contributed by atoms with van der Waals surface area (Å²) in [6, 6.07) is 8.41. The summed E-state index contributed by atoms with van der Waals surface area (Å²) >= 11 is 0. The summed E-state index contributed by atoms with van der Waals surface area (Å²) < 4.78 is 11.3. The summed E-state index contributed by atoms with van der Waals surface area (Å²) in [4.78, 5) is 3.49. The van der Waals surface area contributed by atoms with E-state index in [0.717, 1.165) is 19.3 Å². The molecule has 1 N–H and O–H groups in total. The molecule has 0 atom stereocenters. The lowest BCUT2D eigenvalue weighted by atomic mass is 9.90. The Morgan fingerprint density at radius 2 is 1.94 bits per heavy atom. The maximum atomic E-state index is 5.64. The van der Waals surface area contributed by atoms with Crippen LogP contribution >= 0.6 is 0 Å². The van der Waals surface area contributed by atoms with E-state index in [1.807, 2.05) is 0 Å². The van der Waals surface area contributed by atoms with E-state index in [1.54, 1.807) is 12.5 Å². The highest BCUT2D eigenvalue weighted by Gasteiger charge is 2.40. The molecule has 3 nitrogen and oxygen atoms in total. The van der Waals surface area contributed by atoms with Gasteiger partial charge in [0.1, 0.15) is 12.5 Å². The number of para-hydroxylation sites is 1. The van der Waals surface area contributed by atoms with Crippen LogP contribution in [0.1, 0.15) is 17.7 Å². The van der Waals surface area contributed by atoms with Crippen LogP contribution < -0.4 is 0 Å². The molecule has 2 aromatic rings. The number of aromatic nitrogens is 1. The molecule has 1 aliphatic carbocycles. The molecule has 1 spiro atoms. The fourth-order valence-electron chi connectivity index (χ4n) is 2.88. The van der Waals surface area contributed by atoms with E-state index in [9.17, 15) is 0 Å². The van der Waals surface area contributed by atoms with E-state index in [0.29, 0.717) is 0 Å². The Morgan fingerprint density at radius 3 is 2.82 bits per heavy atom. The molecule has 1 aliphatic heterocycles. The van der Waals surface area contributed by atoms with Crippen molar-refractivity contribution in [2.75, 3.05) is 0 Å². The number of fused-ring (bicyclic) bond motifs is 3. The van der Waals surface area contributed by atoms with Crippen LogP contribution in [0, 0.1) is 0 Å². The van der Waals surface area contributed by atoms with Gasteiger partial charge in [0.2, 0.25) is 0 Å². The molecular weight excluding hydrogens is 214 g/mol. The molecule has 2 heterocycles. The van der Waals surface area contributed by atoms with Crippen LogP contribution in [0.5, 0.6) is 0 Å². The predicted molar refractivity (Wildman–Crippen MR) is 64.4 cm³/mol. The van der Waals surface area contributed by atoms with Gasteiger partial charge in [-0.3, -0.25) is 0 Å². The second-order valence-corrected chi connectivity index (χ2v) is 4.72. The van der Waals surface area contributed by atoms with Crippen LogP contribution in [-0.2, 0) is 22.3 Å². The van der Waals surface area contributed by atoms with Crippen LogP contribution in [-0.4, -0.2) is 10.8 Å². The molecule has 0 unspecified atom stereocenters. The Labute approximate surface area is 99.0 Å². The summed E-state index contributed by atoms with van der Waals surface area (Å²) in [6.07, 6.45) is 6.00. The lowest BCUT2D eigenvalue weighted by Crippen LogP contribution is -2.36. The van der Waals surface area contributed by atoms with Gasteiger partial charge in [-0.2, -0.15) is 0 Å². The number of ether oxygens (including phenoxy) is 2. The number of H-pyrrole nitrogens is 1. The van der Waals surface area contributed by atoms with E-state index in [2.05, 4.69) is 29.2 Å². The number of aromatic amines is 1. The van der Waals surface area contributed by atoms with Crippen LogP contribution in [0.25, 0.3) is 10.9 Å². The molecule has 1 aromatic carbocycles. The first-order valence-electron chi connectivity index (χ1n) is 5.95. The SMILES string of the molecule is C1=COC2(CCc3[nH]c4ccccc4c3C2)O1. The zero-order valence-corrected chi connectivity index (χ0v) is 9.40. The highest BCUT2D eigenvalue weighted by molar-refractivity contribution is 5.85. The summed E-state index contributed by atoms with van der Waals surface area (Å²) in [7, 11) is 0. The van der Waals surface area contributed by atoms with Crippen LogP contribution in [0.15, 0.2) is 36.8 Å². The predicted octanol–water partition coefficient (Wildman–Crippen LogP) is 2.87. The van der Waals surface area contributed by atoms with Crippen molar-refractivity contribution in [3.63, 3.8) is 0 Å². The Bertz CT molecular complexity index is 604. The Hall–Kier alpha value is -1.90. The van der Waals surface area contributed by atoms with Gasteiger partial charge in [0.15, 0.2) is 0 Å². The van der Waals surface area contributed by atoms with Gasteiger partial charge in [0, 0.05) is 23.0 Å². The molecule has 3 heteroatoms. The van der Waals surface area contributed by atoms with Gasteiger partial charge in [0.25, 0.3) is 5.79 Å². The van der Waals surface area contributed by atoms with Crippen LogP contribution in [0.4, 0.5) is 0 Å². The minimum Gasteiger partial charge on any atom is -0.456 e. The number of hydrogen-bond acceptors (Lipinski definition) is 2. The van der Waals surface area contributed by atoms with Gasteiger partial charge in [-0.05, 0) is 18.1 Å². The summed E-state index contributed by atoms with van der Waals surface area (Å²) in [5.41, 5.74) is 3.88. The van der Waals surface area contributed by atoms with Crippen molar-refractivity contribution in [3.8, 4) is 0 Å². The second kappa shape index (κ2) is 3.06. The van der Waals surface area contributed by atoms with Gasteiger partial charge in [-0.15, -0.1) is 0 Å². The first-order valence-corrected chi connectivity index (χ1v) is 5.95. The maximum Gasteiger partial charge on any atom is 0.254 e. The van der Waals surface area contributed by atoms with E-state index < -0.39 is 5.79 Å². The van der Waals surface area contributed by atoms with Crippen molar-refractivity contribution in [1.29, 1.82) is 0 Å². The van der Waals surface area contributed by atoms with Crippen molar-refractivity contribution in [3.05, 3.63) is 48.0 Å². The molecule has 0 bridgehead atoms. The number of benzene rings is 1. The Balaban J connectivity index is 1.85. The molecule has 0 amide bonds. The smallest absolute Gasteiger partial charge is 0.254 e. The van der Waals surface area contributed by atoms with Crippen molar-refractivity contribution < 1.29 is 9.47 Å². The molecule has 1 aromatic heterocycles. The molecule has 2 aliphatic rings. The third kappa shape index (κ3) is 1.22. The summed E-state index contributed by atoms with van der Waals surface area (Å²) in [5, 5.41) is 1.29. The Kier molecular flexibility index (Phi) is 1.65. The number of nitrogens with one attached hydrogen (secondary N) is 1. The lowest BCUT2D eigenvalue weighted by Gasteiger charge is -2.31. The van der Waals surface area contributed by atoms with Gasteiger partial charge in [0.05, 0.1) is 6.42 Å². The zero-order chi connectivity index (χ0) is 11.3. The van der Waals surface area contributed by atoms with E-state index in [4.69, 9.17) is 9.47 Å². The minimum atomic E-state index is -0.446. The first-order chi connectivity index (χ1) is 8.36. The van der Waals surface area contributed by atoms with Gasteiger partial charge in [-0.25, -0.2) is 0 Å². The van der Waals surface area contributed by atoms with Gasteiger partial charge < -0.3 is 14.5 Å². The van der Waals surface area contributed by atoms with Gasteiger partial charge >= 0.3 is 0 Å². The van der Waals surface area contributed by atoms with Crippen molar-refractivity contribution in [1.82, 2.24) is 4.98 Å². The van der Waals surface area contributed by atoms with E-state index >= 15 is 0 Å². The average Bonchev–Trinajstić information content (AvgIpc) is 2.95. The number of aryl methyl sites for hydroxylation is 1. The molecule has 0 saturated heterocycles. The highest BCUT2D eigenvalue weighted by atomic mass is 16.7. The third-order valence-corrected chi connectivity index (χ3v) is 3.73. The average molecular weight is 227 g/mol. The second-order valence-electron chi connectivity index (χ2n) is 4.72. The van der Waals surface area contributed by atoms with E-state index in [1.165, 1.54) is 22.2 Å². The summed E-state index contributed by atoms with van der Waals surface area (Å²) in [5.74, 6) is -0.446. The topological polar surface area (TPSA) is 34.2 Å². The first kappa shape index (κ1) is 9.16. The molecule has 17 heavy (non-hydrogen) atoms. The lowest BCUT2D eigenvalue weighted by molar-refractivity contribution is -0.148. The fraction of sp³-hybridized carbons (Fsp3) is 0.286. The maximum absolute atomic E-state index is 5.64. The molecule has 0 saturated carbocycles. The molecule has 0 radical (unpaired) electrons. The van der Waals surface area contributed by atoms with Crippen LogP contribution in [0.2, 0.25) is 0 Å². The van der Waals surface area contributed by atoms with Gasteiger partial charge in [-0.1, -0.05) is 18.2 Å². The van der Waals surface area contributed by atoms with Crippen molar-refractivity contribution in [2.24, 2.45) is 0 Å². The number of rotatable bonds is 0. The fourth-order valence-corrected chi connectivity index (χ4v) is 2.88. The molecule has 86 valence electrons. The molecule has 4 rings (SSSR count). The zero-order valence-electron chi connectivity index (χ0n) is 9.40. The Morgan fingerprint density at radius 1 is 1.12 bits per heavy atom. The number of hydrogen-bond donors (Lipinski definition) is 1. The standard InChI is InChI=1S/C14H13NO2/c1-2-4-12-10(3-1)11-9-14(16-7-8-17-14)6-5-13(11)15-12/h1-4,7-8,15H,5-6,9H2. The van der Waals surface area contributed by atoms with Crippen molar-refractivity contribution in [2.45, 2.75) is 25.0 Å². The van der Waals surface area contributed by atoms with Crippen LogP contribution in [0.3, 0.4) is 0 Å². The van der Waals surface area contributed by atoms with E-state index in [-0.39, 0.29) is 0 Å². The largest absolute Gasteiger partial charge is 0.456 e. The molecule has 0 fully saturated rings. The monoisotopic (exact) mass is 227 g/mol. The normalized spacial score (nSPS) is 20.2.